The lowest BCUT2D eigenvalue weighted by Crippen LogP contribution is -2.23. The highest BCUT2D eigenvalue weighted by Gasteiger charge is 2.11. The fourth-order valence-corrected chi connectivity index (χ4v) is 2.25. The Morgan fingerprint density at radius 2 is 2.25 bits per heavy atom. The van der Waals surface area contributed by atoms with Crippen LogP contribution in [0.25, 0.3) is 0 Å². The highest BCUT2D eigenvalue weighted by molar-refractivity contribution is 8.13. The Labute approximate surface area is 103 Å². The molecule has 5 N–H and O–H groups in total. The first-order valence-corrected chi connectivity index (χ1v) is 5.77. The van der Waals surface area contributed by atoms with Crippen molar-refractivity contribution >= 4 is 34.5 Å². The van der Waals surface area contributed by atoms with E-state index in [1.165, 1.54) is 11.8 Å². The largest absolute Gasteiger partial charge is 0.370 e. The molecular weight excluding hydrogens is 248 g/mol. The van der Waals surface area contributed by atoms with Gasteiger partial charge >= 0.3 is 0 Å². The normalized spacial score (nSPS) is 10.2. The molecule has 0 aliphatic carbocycles. The van der Waals surface area contributed by atoms with Crippen LogP contribution in [0.2, 0.25) is 5.15 Å². The Morgan fingerprint density at radius 1 is 1.62 bits per heavy atom. The third-order valence-corrected chi connectivity index (χ3v) is 3.12. The lowest BCUT2D eigenvalue weighted by molar-refractivity contribution is 0.757. The number of hydrogen-bond acceptors (Lipinski definition) is 3. The summed E-state index contributed by atoms with van der Waals surface area (Å²) in [6.45, 7) is 1.87. The first-order valence-electron chi connectivity index (χ1n) is 4.40. The lowest BCUT2D eigenvalue weighted by atomic mass is 10.3. The number of amidine groups is 1. The summed E-state index contributed by atoms with van der Waals surface area (Å²) in [4.78, 5) is 3.61. The van der Waals surface area contributed by atoms with Crippen LogP contribution >= 0.6 is 23.4 Å². The highest BCUT2D eigenvalue weighted by atomic mass is 35.5. The number of thioether (sulfide) groups is 1. The van der Waals surface area contributed by atoms with E-state index in [4.69, 9.17) is 28.5 Å². The third kappa shape index (κ3) is 3.14. The maximum atomic E-state index is 7.46. The van der Waals surface area contributed by atoms with Crippen molar-refractivity contribution in [1.29, 1.82) is 5.41 Å². The summed E-state index contributed by atoms with van der Waals surface area (Å²) in [5, 5.41) is 12.3. The molecule has 0 bridgehead atoms. The maximum absolute atomic E-state index is 7.46. The molecule has 0 atom stereocenters. The third-order valence-electron chi connectivity index (χ3n) is 1.85. The van der Waals surface area contributed by atoms with Gasteiger partial charge in [0.05, 0.1) is 5.69 Å². The fraction of sp³-hybridized carbons (Fsp3) is 0.375. The van der Waals surface area contributed by atoms with Crippen LogP contribution < -0.4 is 11.5 Å². The lowest BCUT2D eigenvalue weighted by Gasteiger charge is -1.99. The summed E-state index contributed by atoms with van der Waals surface area (Å²) >= 11 is 7.23. The summed E-state index contributed by atoms with van der Waals surface area (Å²) in [6, 6.07) is 0. The summed E-state index contributed by atoms with van der Waals surface area (Å²) in [6.07, 6.45) is 0. The zero-order chi connectivity index (χ0) is 12.3. The molecule has 0 fully saturated rings. The fourth-order valence-electron chi connectivity index (χ4n) is 1.13. The van der Waals surface area contributed by atoms with Crippen LogP contribution in [0.1, 0.15) is 11.3 Å². The van der Waals surface area contributed by atoms with Crippen LogP contribution in [0.5, 0.6) is 0 Å². The second-order valence-electron chi connectivity index (χ2n) is 3.11. The molecule has 0 spiro atoms. The van der Waals surface area contributed by atoms with E-state index in [0.29, 0.717) is 10.9 Å². The maximum Gasteiger partial charge on any atom is 0.193 e. The monoisotopic (exact) mass is 260 g/mol. The van der Waals surface area contributed by atoms with Crippen LogP contribution in [0, 0.1) is 12.3 Å². The molecule has 8 heteroatoms. The van der Waals surface area contributed by atoms with E-state index >= 15 is 0 Å². The summed E-state index contributed by atoms with van der Waals surface area (Å²) in [5.41, 5.74) is 12.1. The molecule has 1 aromatic heterocycles. The number of aromatic nitrogens is 2. The molecule has 0 saturated carbocycles. The molecular formula is C8H13ClN6S. The number of nitrogens with two attached hydrogens (primary N) is 2. The molecule has 0 amide bonds. The molecule has 0 saturated heterocycles. The van der Waals surface area contributed by atoms with Gasteiger partial charge in [0, 0.05) is 18.4 Å². The minimum atomic E-state index is -0.119. The van der Waals surface area contributed by atoms with Gasteiger partial charge in [0.25, 0.3) is 0 Å². The Morgan fingerprint density at radius 3 is 2.69 bits per heavy atom. The van der Waals surface area contributed by atoms with Crippen molar-refractivity contribution in [1.82, 2.24) is 9.78 Å². The number of aliphatic imine (C=N–C) groups is 1. The molecule has 1 rings (SSSR count). The van der Waals surface area contributed by atoms with Crippen LogP contribution in [0.3, 0.4) is 0 Å². The van der Waals surface area contributed by atoms with Crippen molar-refractivity contribution in [3.8, 4) is 0 Å². The standard InChI is InChI=1S/C8H13ClN6S/c1-4-5(6(9)15(2)14-4)3-16-8(12)13-7(10)11/h3H2,1-2H3,(H5,10,11,12,13). The van der Waals surface area contributed by atoms with E-state index in [2.05, 4.69) is 10.1 Å². The molecule has 0 aliphatic heterocycles. The number of aryl methyl sites for hydroxylation is 2. The van der Waals surface area contributed by atoms with E-state index in [1.54, 1.807) is 11.7 Å². The van der Waals surface area contributed by atoms with E-state index in [9.17, 15) is 0 Å². The van der Waals surface area contributed by atoms with Gasteiger partial charge in [-0.05, 0) is 6.92 Å². The molecule has 0 aromatic carbocycles. The average molecular weight is 261 g/mol. The van der Waals surface area contributed by atoms with Gasteiger partial charge in [-0.1, -0.05) is 23.4 Å². The Kier molecular flexibility index (Phi) is 4.19. The van der Waals surface area contributed by atoms with Crippen LogP contribution in [0.15, 0.2) is 4.99 Å². The minimum Gasteiger partial charge on any atom is -0.370 e. The first kappa shape index (κ1) is 12.9. The smallest absolute Gasteiger partial charge is 0.193 e. The number of nitrogens with zero attached hydrogens (tertiary/aromatic N) is 3. The van der Waals surface area contributed by atoms with Gasteiger partial charge in [0.15, 0.2) is 11.1 Å². The van der Waals surface area contributed by atoms with E-state index < -0.39 is 0 Å². The van der Waals surface area contributed by atoms with Crippen molar-refractivity contribution in [2.75, 3.05) is 0 Å². The van der Waals surface area contributed by atoms with Gasteiger partial charge in [0.1, 0.15) is 5.15 Å². The van der Waals surface area contributed by atoms with Gasteiger partial charge in [-0.15, -0.1) is 0 Å². The predicted octanol–water partition coefficient (Wildman–Crippen LogP) is 0.823. The van der Waals surface area contributed by atoms with Crippen LogP contribution in [0.4, 0.5) is 0 Å². The molecule has 0 unspecified atom stereocenters. The molecule has 1 aromatic rings. The number of guanidine groups is 1. The number of nitrogens with one attached hydrogen (secondary N) is 1. The molecule has 16 heavy (non-hydrogen) atoms. The number of hydrogen-bond donors (Lipinski definition) is 3. The van der Waals surface area contributed by atoms with Crippen molar-refractivity contribution in [3.63, 3.8) is 0 Å². The van der Waals surface area contributed by atoms with Crippen molar-refractivity contribution in [3.05, 3.63) is 16.4 Å². The van der Waals surface area contributed by atoms with Crippen LogP contribution in [-0.4, -0.2) is 20.9 Å². The number of rotatable bonds is 2. The van der Waals surface area contributed by atoms with Gasteiger partial charge in [-0.3, -0.25) is 10.1 Å². The molecule has 1 heterocycles. The van der Waals surface area contributed by atoms with Crippen LogP contribution in [-0.2, 0) is 12.8 Å². The SMILES string of the molecule is Cc1nn(C)c(Cl)c1CSC(=N)N=C(N)N. The Balaban J connectivity index is 2.68. The van der Waals surface area contributed by atoms with E-state index in [0.717, 1.165) is 11.3 Å². The van der Waals surface area contributed by atoms with Gasteiger partial charge < -0.3 is 11.5 Å². The summed E-state index contributed by atoms with van der Waals surface area (Å²) < 4.78 is 1.59. The average Bonchev–Trinajstić information content (AvgIpc) is 2.38. The topological polar surface area (TPSA) is 106 Å². The van der Waals surface area contributed by atoms with Crippen molar-refractivity contribution in [2.24, 2.45) is 23.5 Å². The minimum absolute atomic E-state index is 0.0549. The Hall–Kier alpha value is -1.21. The van der Waals surface area contributed by atoms with Gasteiger partial charge in [-0.2, -0.15) is 10.1 Å². The molecule has 6 nitrogen and oxygen atoms in total. The zero-order valence-corrected chi connectivity index (χ0v) is 10.6. The molecule has 0 radical (unpaired) electrons. The number of halogens is 1. The van der Waals surface area contributed by atoms with Gasteiger partial charge in [0.2, 0.25) is 0 Å². The predicted molar refractivity (Wildman–Crippen MR) is 67.8 cm³/mol. The van der Waals surface area contributed by atoms with E-state index in [-0.39, 0.29) is 11.1 Å². The highest BCUT2D eigenvalue weighted by Crippen LogP contribution is 2.24. The summed E-state index contributed by atoms with van der Waals surface area (Å²) in [7, 11) is 1.77. The Bertz CT molecular complexity index is 434. The second-order valence-corrected chi connectivity index (χ2v) is 4.43. The van der Waals surface area contributed by atoms with Crippen molar-refractivity contribution < 1.29 is 0 Å². The molecule has 0 aliphatic rings. The quantitative estimate of drug-likeness (QED) is 0.541. The molecule has 88 valence electrons. The summed E-state index contributed by atoms with van der Waals surface area (Å²) in [5.74, 6) is 0.403. The van der Waals surface area contributed by atoms with E-state index in [1.807, 2.05) is 6.92 Å². The first-order chi connectivity index (χ1) is 7.41. The van der Waals surface area contributed by atoms with Gasteiger partial charge in [-0.25, -0.2) is 0 Å². The van der Waals surface area contributed by atoms with Crippen molar-refractivity contribution in [2.45, 2.75) is 12.7 Å². The zero-order valence-electron chi connectivity index (χ0n) is 8.99. The second kappa shape index (κ2) is 5.22.